The lowest BCUT2D eigenvalue weighted by molar-refractivity contribution is -0.121. The first-order valence-electron chi connectivity index (χ1n) is 12.2. The smallest absolute Gasteiger partial charge is 0.220 e. The van der Waals surface area contributed by atoms with E-state index in [1.54, 1.807) is 14.2 Å². The van der Waals surface area contributed by atoms with Crippen LogP contribution in [0.25, 0.3) is 5.57 Å². The van der Waals surface area contributed by atoms with Crippen LogP contribution in [0, 0.1) is 6.92 Å². The van der Waals surface area contributed by atoms with Gasteiger partial charge in [0.2, 0.25) is 5.91 Å². The van der Waals surface area contributed by atoms with Crippen LogP contribution < -0.4 is 14.8 Å². The summed E-state index contributed by atoms with van der Waals surface area (Å²) in [5.74, 6) is 1.66. The van der Waals surface area contributed by atoms with Gasteiger partial charge in [0, 0.05) is 24.4 Å². The van der Waals surface area contributed by atoms with Crippen LogP contribution in [-0.2, 0) is 11.2 Å². The topological polar surface area (TPSA) is 60.5 Å². The Morgan fingerprint density at radius 3 is 2.23 bits per heavy atom. The molecule has 0 aliphatic heterocycles. The Morgan fingerprint density at radius 2 is 1.66 bits per heavy atom. The van der Waals surface area contributed by atoms with Crippen LogP contribution in [0.4, 0.5) is 0 Å². The van der Waals surface area contributed by atoms with Crippen molar-refractivity contribution in [2.24, 2.45) is 0 Å². The molecule has 1 N–H and O–H groups in total. The van der Waals surface area contributed by atoms with Gasteiger partial charge in [0.05, 0.1) is 14.2 Å². The minimum atomic E-state index is 0.0707. The van der Waals surface area contributed by atoms with E-state index in [9.17, 15) is 4.79 Å². The fourth-order valence-corrected chi connectivity index (χ4v) is 4.01. The molecule has 0 spiro atoms. The molecule has 5 heteroatoms. The Labute approximate surface area is 209 Å². The second kappa shape index (κ2) is 13.3. The highest BCUT2D eigenvalue weighted by molar-refractivity contribution is 5.82. The van der Waals surface area contributed by atoms with Gasteiger partial charge in [0.25, 0.3) is 0 Å². The minimum absolute atomic E-state index is 0.0707. The number of carbonyl (C=O) groups is 1. The first-order valence-corrected chi connectivity index (χ1v) is 12.2. The Kier molecular flexibility index (Phi) is 9.91. The molecule has 35 heavy (non-hydrogen) atoms. The van der Waals surface area contributed by atoms with Crippen LogP contribution in [0.2, 0.25) is 0 Å². The fraction of sp³-hybridized carbons (Fsp3) is 0.333. The lowest BCUT2D eigenvalue weighted by atomic mass is 9.96. The monoisotopic (exact) mass is 472 g/mol. The molecule has 0 unspecified atom stereocenters. The summed E-state index contributed by atoms with van der Waals surface area (Å²) in [6, 6.07) is 20.2. The van der Waals surface area contributed by atoms with Gasteiger partial charge < -0.3 is 14.8 Å². The van der Waals surface area contributed by atoms with E-state index in [-0.39, 0.29) is 11.9 Å². The number of aromatic nitrogens is 1. The number of amides is 1. The lowest BCUT2D eigenvalue weighted by Crippen LogP contribution is -2.32. The molecule has 0 fully saturated rings. The minimum Gasteiger partial charge on any atom is -0.497 e. The van der Waals surface area contributed by atoms with Crippen molar-refractivity contribution in [1.29, 1.82) is 0 Å². The van der Waals surface area contributed by atoms with Crippen molar-refractivity contribution < 1.29 is 14.3 Å². The number of allylic oxidation sites excluding steroid dienone is 1. The number of nitrogens with zero attached hydrogens (tertiary/aromatic N) is 1. The van der Waals surface area contributed by atoms with Crippen molar-refractivity contribution >= 4 is 11.5 Å². The molecule has 2 aromatic carbocycles. The standard InChI is InChI=1S/C30H36N2O3/c1-22-17-18-24(21-31-22)10-5-9-23(2)32-30(33)16-8-15-29(25-11-6-13-27(19-25)34-3)26-12-7-14-28(20-26)35-4/h6-7,11-15,17-21,23H,5,8-10,16H2,1-4H3,(H,32,33)/t23-/m1/s1. The number of hydrogen-bond acceptors (Lipinski definition) is 4. The second-order valence-electron chi connectivity index (χ2n) is 8.79. The molecule has 0 aliphatic rings. The number of benzene rings is 2. The summed E-state index contributed by atoms with van der Waals surface area (Å²) in [6.45, 7) is 4.06. The largest absolute Gasteiger partial charge is 0.497 e. The number of nitrogens with one attached hydrogen (secondary N) is 1. The van der Waals surface area contributed by atoms with Gasteiger partial charge in [-0.05, 0) is 92.1 Å². The quantitative estimate of drug-likeness (QED) is 0.344. The maximum absolute atomic E-state index is 12.6. The van der Waals surface area contributed by atoms with E-state index in [0.717, 1.165) is 53.2 Å². The average Bonchev–Trinajstić information content (AvgIpc) is 2.88. The third-order valence-electron chi connectivity index (χ3n) is 5.96. The van der Waals surface area contributed by atoms with E-state index in [0.29, 0.717) is 12.8 Å². The van der Waals surface area contributed by atoms with Crippen molar-refractivity contribution in [1.82, 2.24) is 10.3 Å². The first kappa shape index (κ1) is 26.0. The van der Waals surface area contributed by atoms with Gasteiger partial charge in [-0.1, -0.05) is 36.4 Å². The number of methoxy groups -OCH3 is 2. The maximum Gasteiger partial charge on any atom is 0.220 e. The molecular formula is C30H36N2O3. The molecule has 0 aliphatic carbocycles. The molecular weight excluding hydrogens is 436 g/mol. The van der Waals surface area contributed by atoms with Gasteiger partial charge >= 0.3 is 0 Å². The van der Waals surface area contributed by atoms with E-state index in [1.807, 2.05) is 55.6 Å². The normalized spacial score (nSPS) is 11.4. The van der Waals surface area contributed by atoms with E-state index in [2.05, 4.69) is 41.5 Å². The predicted octanol–water partition coefficient (Wildman–Crippen LogP) is 6.15. The van der Waals surface area contributed by atoms with Gasteiger partial charge in [0.1, 0.15) is 11.5 Å². The molecule has 5 nitrogen and oxygen atoms in total. The zero-order chi connectivity index (χ0) is 25.0. The highest BCUT2D eigenvalue weighted by Crippen LogP contribution is 2.29. The molecule has 0 radical (unpaired) electrons. The molecule has 3 aromatic rings. The first-order chi connectivity index (χ1) is 17.0. The van der Waals surface area contributed by atoms with Crippen LogP contribution in [0.3, 0.4) is 0 Å². The van der Waals surface area contributed by atoms with Crippen LogP contribution in [-0.4, -0.2) is 31.2 Å². The van der Waals surface area contributed by atoms with Crippen LogP contribution in [0.15, 0.2) is 72.9 Å². The molecule has 1 atom stereocenters. The Balaban J connectivity index is 1.58. The molecule has 3 rings (SSSR count). The molecule has 1 heterocycles. The molecule has 184 valence electrons. The zero-order valence-electron chi connectivity index (χ0n) is 21.2. The van der Waals surface area contributed by atoms with E-state index in [1.165, 1.54) is 5.56 Å². The molecule has 0 bridgehead atoms. The fourth-order valence-electron chi connectivity index (χ4n) is 4.01. The zero-order valence-corrected chi connectivity index (χ0v) is 21.2. The average molecular weight is 473 g/mol. The summed E-state index contributed by atoms with van der Waals surface area (Å²) in [5.41, 5.74) is 5.40. The summed E-state index contributed by atoms with van der Waals surface area (Å²) in [6.07, 6.45) is 8.06. The Bertz CT molecular complexity index is 1070. The maximum atomic E-state index is 12.6. The van der Waals surface area contributed by atoms with Crippen molar-refractivity contribution in [3.63, 3.8) is 0 Å². The number of rotatable bonds is 12. The second-order valence-corrected chi connectivity index (χ2v) is 8.79. The van der Waals surface area contributed by atoms with Gasteiger partial charge in [-0.25, -0.2) is 0 Å². The third kappa shape index (κ3) is 8.29. The van der Waals surface area contributed by atoms with Gasteiger partial charge in [-0.15, -0.1) is 0 Å². The number of hydrogen-bond donors (Lipinski definition) is 1. The third-order valence-corrected chi connectivity index (χ3v) is 5.96. The van der Waals surface area contributed by atoms with Crippen LogP contribution in [0.5, 0.6) is 11.5 Å². The Hall–Kier alpha value is -3.60. The molecule has 0 saturated carbocycles. The summed E-state index contributed by atoms with van der Waals surface area (Å²) in [5, 5.41) is 3.14. The highest BCUT2D eigenvalue weighted by atomic mass is 16.5. The van der Waals surface area contributed by atoms with Crippen molar-refractivity contribution in [3.05, 3.63) is 95.3 Å². The van der Waals surface area contributed by atoms with Gasteiger partial charge in [0.15, 0.2) is 0 Å². The van der Waals surface area contributed by atoms with E-state index in [4.69, 9.17) is 9.47 Å². The molecule has 0 saturated heterocycles. The van der Waals surface area contributed by atoms with Gasteiger partial charge in [-0.3, -0.25) is 9.78 Å². The van der Waals surface area contributed by atoms with Crippen molar-refractivity contribution in [2.45, 2.75) is 52.0 Å². The summed E-state index contributed by atoms with van der Waals surface area (Å²) in [4.78, 5) is 16.9. The lowest BCUT2D eigenvalue weighted by Gasteiger charge is -2.14. The Morgan fingerprint density at radius 1 is 1.00 bits per heavy atom. The molecule has 1 amide bonds. The predicted molar refractivity (Wildman–Crippen MR) is 142 cm³/mol. The summed E-state index contributed by atoms with van der Waals surface area (Å²) < 4.78 is 10.8. The van der Waals surface area contributed by atoms with Crippen LogP contribution >= 0.6 is 0 Å². The summed E-state index contributed by atoms with van der Waals surface area (Å²) in [7, 11) is 3.33. The van der Waals surface area contributed by atoms with Crippen LogP contribution in [0.1, 0.15) is 55.0 Å². The van der Waals surface area contributed by atoms with Gasteiger partial charge in [-0.2, -0.15) is 0 Å². The number of pyridine rings is 1. The number of carbonyl (C=O) groups excluding carboxylic acids is 1. The van der Waals surface area contributed by atoms with E-state index >= 15 is 0 Å². The molecule has 1 aromatic heterocycles. The number of ether oxygens (including phenoxy) is 2. The summed E-state index contributed by atoms with van der Waals surface area (Å²) >= 11 is 0. The van der Waals surface area contributed by atoms with Crippen molar-refractivity contribution in [3.8, 4) is 11.5 Å². The van der Waals surface area contributed by atoms with Crippen molar-refractivity contribution in [2.75, 3.05) is 14.2 Å². The number of aryl methyl sites for hydroxylation is 2. The van der Waals surface area contributed by atoms with E-state index < -0.39 is 0 Å². The highest BCUT2D eigenvalue weighted by Gasteiger charge is 2.10. The SMILES string of the molecule is COc1cccc(C(=CCCC(=O)N[C@H](C)CCCc2ccc(C)nc2)c2cccc(OC)c2)c1.